The van der Waals surface area contributed by atoms with E-state index in [1.54, 1.807) is 6.33 Å². The van der Waals surface area contributed by atoms with Crippen LogP contribution in [0.4, 0.5) is 0 Å². The number of likely N-dealkylation sites (tertiary alicyclic amines) is 1. The molecule has 2 aliphatic rings. The summed E-state index contributed by atoms with van der Waals surface area (Å²) < 4.78 is 1.98. The predicted octanol–water partition coefficient (Wildman–Crippen LogP) is 0.895. The number of amides is 1. The maximum atomic E-state index is 12.0. The summed E-state index contributed by atoms with van der Waals surface area (Å²) in [7, 11) is 3.95. The van der Waals surface area contributed by atoms with E-state index in [0.717, 1.165) is 44.8 Å². The van der Waals surface area contributed by atoms with Gasteiger partial charge in [-0.3, -0.25) is 9.69 Å². The Morgan fingerprint density at radius 2 is 2.05 bits per heavy atom. The molecule has 1 saturated carbocycles. The van der Waals surface area contributed by atoms with E-state index in [9.17, 15) is 4.79 Å². The Kier molecular flexibility index (Phi) is 4.24. The highest BCUT2D eigenvalue weighted by Crippen LogP contribution is 2.31. The number of rotatable bonds is 5. The standard InChI is InChI=1S/C15H25N5O/c1-18(15(21)13-3-4-13)9-12-5-7-20(8-6-12)10-14-17-16-11-19(14)2/h11-13H,3-10H2,1-2H3. The molecule has 6 heteroatoms. The molecule has 1 aliphatic carbocycles. The Labute approximate surface area is 126 Å². The molecule has 1 aromatic rings. The molecule has 2 fully saturated rings. The molecule has 1 aliphatic heterocycles. The molecule has 21 heavy (non-hydrogen) atoms. The molecule has 0 unspecified atom stereocenters. The normalized spacial score (nSPS) is 20.7. The van der Waals surface area contributed by atoms with Crippen LogP contribution in [-0.4, -0.2) is 57.2 Å². The minimum Gasteiger partial charge on any atom is -0.345 e. The van der Waals surface area contributed by atoms with Crippen molar-refractivity contribution in [2.45, 2.75) is 32.2 Å². The van der Waals surface area contributed by atoms with Crippen LogP contribution in [0.3, 0.4) is 0 Å². The summed E-state index contributed by atoms with van der Waals surface area (Å²) in [5.41, 5.74) is 0. The first-order chi connectivity index (χ1) is 10.1. The molecule has 0 bridgehead atoms. The molecule has 6 nitrogen and oxygen atoms in total. The zero-order chi connectivity index (χ0) is 14.8. The van der Waals surface area contributed by atoms with E-state index in [2.05, 4.69) is 15.1 Å². The van der Waals surface area contributed by atoms with Crippen LogP contribution in [0, 0.1) is 11.8 Å². The second kappa shape index (κ2) is 6.13. The van der Waals surface area contributed by atoms with Gasteiger partial charge in [-0.25, -0.2) is 0 Å². The maximum Gasteiger partial charge on any atom is 0.225 e. The molecule has 2 heterocycles. The number of piperidine rings is 1. The van der Waals surface area contributed by atoms with Crippen molar-refractivity contribution >= 4 is 5.91 Å². The van der Waals surface area contributed by atoms with Gasteiger partial charge in [0.2, 0.25) is 5.91 Å². The average molecular weight is 291 g/mol. The van der Waals surface area contributed by atoms with Crippen LogP contribution in [0.5, 0.6) is 0 Å². The van der Waals surface area contributed by atoms with Crippen molar-refractivity contribution in [3.8, 4) is 0 Å². The van der Waals surface area contributed by atoms with Gasteiger partial charge in [-0.05, 0) is 44.7 Å². The summed E-state index contributed by atoms with van der Waals surface area (Å²) in [4.78, 5) is 16.4. The van der Waals surface area contributed by atoms with Gasteiger partial charge in [0.25, 0.3) is 0 Å². The number of carbonyl (C=O) groups is 1. The molecule has 1 aromatic heterocycles. The average Bonchev–Trinajstić information content (AvgIpc) is 3.25. The minimum atomic E-state index is 0.339. The van der Waals surface area contributed by atoms with Crippen LogP contribution in [0.2, 0.25) is 0 Å². The molecular formula is C15H25N5O. The van der Waals surface area contributed by atoms with Gasteiger partial charge >= 0.3 is 0 Å². The van der Waals surface area contributed by atoms with Crippen LogP contribution >= 0.6 is 0 Å². The third kappa shape index (κ3) is 3.61. The van der Waals surface area contributed by atoms with Gasteiger partial charge in [-0.2, -0.15) is 0 Å². The number of nitrogens with zero attached hydrogens (tertiary/aromatic N) is 5. The minimum absolute atomic E-state index is 0.339. The Morgan fingerprint density at radius 3 is 2.62 bits per heavy atom. The van der Waals surface area contributed by atoms with Crippen molar-refractivity contribution < 1.29 is 4.79 Å². The first-order valence-electron chi connectivity index (χ1n) is 7.93. The van der Waals surface area contributed by atoms with Crippen molar-refractivity contribution in [2.24, 2.45) is 18.9 Å². The lowest BCUT2D eigenvalue weighted by atomic mass is 9.96. The summed E-state index contributed by atoms with van der Waals surface area (Å²) >= 11 is 0. The lowest BCUT2D eigenvalue weighted by molar-refractivity contribution is -0.132. The lowest BCUT2D eigenvalue weighted by Gasteiger charge is -2.33. The SMILES string of the molecule is CN(CC1CCN(Cc2nncn2C)CC1)C(=O)C1CC1. The summed E-state index contributed by atoms with van der Waals surface area (Å²) in [5.74, 6) is 2.37. The predicted molar refractivity (Wildman–Crippen MR) is 79.4 cm³/mol. The first-order valence-corrected chi connectivity index (χ1v) is 7.93. The third-order valence-corrected chi connectivity index (χ3v) is 4.71. The molecule has 3 rings (SSSR count). The smallest absolute Gasteiger partial charge is 0.225 e. The van der Waals surface area contributed by atoms with Crippen LogP contribution in [0.25, 0.3) is 0 Å². The maximum absolute atomic E-state index is 12.0. The highest BCUT2D eigenvalue weighted by Gasteiger charge is 2.33. The second-order valence-electron chi connectivity index (χ2n) is 6.57. The second-order valence-corrected chi connectivity index (χ2v) is 6.57. The number of aromatic nitrogens is 3. The summed E-state index contributed by atoms with van der Waals surface area (Å²) in [5, 5.41) is 8.07. The molecule has 0 N–H and O–H groups in total. The fraction of sp³-hybridized carbons (Fsp3) is 0.800. The van der Waals surface area contributed by atoms with Crippen molar-refractivity contribution in [1.82, 2.24) is 24.6 Å². The Balaban J connectivity index is 1.42. The summed E-state index contributed by atoms with van der Waals surface area (Å²) in [6.07, 6.45) is 6.28. The van der Waals surface area contributed by atoms with E-state index in [4.69, 9.17) is 0 Å². The molecule has 1 amide bonds. The Bertz CT molecular complexity index is 488. The van der Waals surface area contributed by atoms with Crippen molar-refractivity contribution in [1.29, 1.82) is 0 Å². The quantitative estimate of drug-likeness (QED) is 0.809. The van der Waals surface area contributed by atoms with Gasteiger partial charge in [-0.15, -0.1) is 10.2 Å². The van der Waals surface area contributed by atoms with Gasteiger partial charge in [0.05, 0.1) is 6.54 Å². The van der Waals surface area contributed by atoms with Gasteiger partial charge in [-0.1, -0.05) is 0 Å². The Hall–Kier alpha value is -1.43. The van der Waals surface area contributed by atoms with Crippen LogP contribution in [-0.2, 0) is 18.4 Å². The zero-order valence-corrected chi connectivity index (χ0v) is 13.0. The Morgan fingerprint density at radius 1 is 1.33 bits per heavy atom. The van der Waals surface area contributed by atoms with Gasteiger partial charge in [0.15, 0.2) is 0 Å². The first kappa shape index (κ1) is 14.5. The van der Waals surface area contributed by atoms with Crippen molar-refractivity contribution in [3.63, 3.8) is 0 Å². The zero-order valence-electron chi connectivity index (χ0n) is 13.0. The van der Waals surface area contributed by atoms with Gasteiger partial charge in [0.1, 0.15) is 12.2 Å². The molecule has 0 atom stereocenters. The lowest BCUT2D eigenvalue weighted by Crippen LogP contribution is -2.39. The van der Waals surface area contributed by atoms with Crippen molar-refractivity contribution in [2.75, 3.05) is 26.7 Å². The van der Waals surface area contributed by atoms with Crippen LogP contribution in [0.1, 0.15) is 31.5 Å². The van der Waals surface area contributed by atoms with Crippen LogP contribution in [0.15, 0.2) is 6.33 Å². The van der Waals surface area contributed by atoms with Gasteiger partial charge in [0, 0.05) is 26.6 Å². The topological polar surface area (TPSA) is 54.3 Å². The van der Waals surface area contributed by atoms with E-state index < -0.39 is 0 Å². The number of hydrogen-bond donors (Lipinski definition) is 0. The van der Waals surface area contributed by atoms with E-state index in [-0.39, 0.29) is 0 Å². The van der Waals surface area contributed by atoms with Gasteiger partial charge < -0.3 is 9.47 Å². The molecule has 116 valence electrons. The summed E-state index contributed by atoms with van der Waals surface area (Å²) in [6, 6.07) is 0. The van der Waals surface area contributed by atoms with Crippen LogP contribution < -0.4 is 0 Å². The monoisotopic (exact) mass is 291 g/mol. The molecule has 0 spiro atoms. The number of carbonyl (C=O) groups excluding carboxylic acids is 1. The fourth-order valence-corrected chi connectivity index (χ4v) is 3.10. The fourth-order valence-electron chi connectivity index (χ4n) is 3.10. The van der Waals surface area contributed by atoms with E-state index in [0.29, 0.717) is 17.7 Å². The van der Waals surface area contributed by atoms with E-state index in [1.165, 1.54) is 12.8 Å². The third-order valence-electron chi connectivity index (χ3n) is 4.71. The highest BCUT2D eigenvalue weighted by atomic mass is 16.2. The van der Waals surface area contributed by atoms with E-state index in [1.807, 2.05) is 23.6 Å². The molecule has 1 saturated heterocycles. The number of hydrogen-bond acceptors (Lipinski definition) is 4. The highest BCUT2D eigenvalue weighted by molar-refractivity contribution is 5.80. The molecule has 0 aromatic carbocycles. The largest absolute Gasteiger partial charge is 0.345 e. The summed E-state index contributed by atoms with van der Waals surface area (Å²) in [6.45, 7) is 3.97. The van der Waals surface area contributed by atoms with E-state index >= 15 is 0 Å². The number of aryl methyl sites for hydroxylation is 1. The van der Waals surface area contributed by atoms with Crippen molar-refractivity contribution in [3.05, 3.63) is 12.2 Å². The molecule has 0 radical (unpaired) electrons. The molecular weight excluding hydrogens is 266 g/mol.